The van der Waals surface area contributed by atoms with Crippen molar-refractivity contribution in [3.05, 3.63) is 93.6 Å². The van der Waals surface area contributed by atoms with E-state index in [9.17, 15) is 9.59 Å². The first kappa shape index (κ1) is 26.1. The standard InChI is InChI=1S/C32H29ClN2O5/c1-18-28(34-31(37)39-19(2)24-6-4-5-7-27(24)33)29(40-35-18)22-10-12-25-20(16-22)8-9-21-17-23(11-13-26(21)25)32(14-15-32)30(36)38-3/h4-7,10-13,16-17,19H,8-9,14-15H2,1-3H3,(H,34,37)/t19-/m1/s1. The van der Waals surface area contributed by atoms with E-state index in [0.29, 0.717) is 22.2 Å². The quantitative estimate of drug-likeness (QED) is 0.246. The number of ether oxygens (including phenoxy) is 2. The van der Waals surface area contributed by atoms with E-state index in [1.165, 1.54) is 23.8 Å². The van der Waals surface area contributed by atoms with Crippen LogP contribution in [0, 0.1) is 6.92 Å². The van der Waals surface area contributed by atoms with E-state index in [4.69, 9.17) is 25.6 Å². The summed E-state index contributed by atoms with van der Waals surface area (Å²) in [7, 11) is 1.45. The topological polar surface area (TPSA) is 90.7 Å². The predicted octanol–water partition coefficient (Wildman–Crippen LogP) is 7.58. The average molecular weight is 557 g/mol. The number of rotatable bonds is 6. The molecule has 0 radical (unpaired) electrons. The van der Waals surface area contributed by atoms with Gasteiger partial charge in [0, 0.05) is 16.1 Å². The number of hydrogen-bond acceptors (Lipinski definition) is 6. The third kappa shape index (κ3) is 4.54. The highest BCUT2D eigenvalue weighted by molar-refractivity contribution is 6.31. The fourth-order valence-corrected chi connectivity index (χ4v) is 5.93. The van der Waals surface area contributed by atoms with Crippen LogP contribution in [0.15, 0.2) is 65.2 Å². The molecular weight excluding hydrogens is 528 g/mol. The molecule has 1 N–H and O–H groups in total. The van der Waals surface area contributed by atoms with Gasteiger partial charge in [-0.15, -0.1) is 0 Å². The second-order valence-electron chi connectivity index (χ2n) is 10.5. The van der Waals surface area contributed by atoms with Gasteiger partial charge in [0.15, 0.2) is 5.76 Å². The van der Waals surface area contributed by atoms with Crippen molar-refractivity contribution >= 4 is 29.4 Å². The zero-order valence-corrected chi connectivity index (χ0v) is 23.3. The van der Waals surface area contributed by atoms with Gasteiger partial charge in [0.05, 0.1) is 12.5 Å². The maximum absolute atomic E-state index is 12.8. The van der Waals surface area contributed by atoms with Crippen molar-refractivity contribution in [1.82, 2.24) is 5.16 Å². The number of esters is 1. The van der Waals surface area contributed by atoms with E-state index in [1.54, 1.807) is 19.9 Å². The molecule has 204 valence electrons. The molecule has 0 bridgehead atoms. The molecule has 0 unspecified atom stereocenters. The molecule has 0 saturated heterocycles. The molecule has 3 aromatic carbocycles. The third-order valence-corrected chi connectivity index (χ3v) is 8.37. The second kappa shape index (κ2) is 10.1. The Bertz CT molecular complexity index is 1640. The van der Waals surface area contributed by atoms with Gasteiger partial charge in [0.25, 0.3) is 0 Å². The maximum Gasteiger partial charge on any atom is 0.412 e. The Morgan fingerprint density at radius 1 is 1.02 bits per heavy atom. The number of carbonyl (C=O) groups is 2. The van der Waals surface area contributed by atoms with Crippen LogP contribution in [0.25, 0.3) is 22.5 Å². The Morgan fingerprint density at radius 2 is 1.73 bits per heavy atom. The second-order valence-corrected chi connectivity index (χ2v) is 10.9. The zero-order valence-electron chi connectivity index (χ0n) is 22.5. The summed E-state index contributed by atoms with van der Waals surface area (Å²) in [6, 6.07) is 19.8. The summed E-state index contributed by atoms with van der Waals surface area (Å²) in [6.07, 6.45) is 2.21. The van der Waals surface area contributed by atoms with Crippen molar-refractivity contribution in [3.63, 3.8) is 0 Å². The van der Waals surface area contributed by atoms with E-state index >= 15 is 0 Å². The number of aryl methyl sites for hydroxylation is 3. The number of fused-ring (bicyclic) bond motifs is 3. The highest BCUT2D eigenvalue weighted by Gasteiger charge is 2.52. The summed E-state index contributed by atoms with van der Waals surface area (Å²) in [6.45, 7) is 3.54. The zero-order chi connectivity index (χ0) is 28.0. The van der Waals surface area contributed by atoms with Crippen LogP contribution in [-0.4, -0.2) is 24.3 Å². The van der Waals surface area contributed by atoms with Crippen LogP contribution in [0.3, 0.4) is 0 Å². The minimum atomic E-state index is -0.622. The molecule has 7 nitrogen and oxygen atoms in total. The molecule has 4 aromatic rings. The summed E-state index contributed by atoms with van der Waals surface area (Å²) in [5, 5.41) is 7.45. The lowest BCUT2D eigenvalue weighted by Gasteiger charge is -2.23. The Kier molecular flexibility index (Phi) is 6.62. The van der Waals surface area contributed by atoms with Crippen molar-refractivity contribution < 1.29 is 23.6 Å². The van der Waals surface area contributed by atoms with Gasteiger partial charge in [-0.25, -0.2) is 4.79 Å². The van der Waals surface area contributed by atoms with Crippen LogP contribution >= 0.6 is 11.6 Å². The lowest BCUT2D eigenvalue weighted by molar-refractivity contribution is -0.143. The Labute approximate surface area is 237 Å². The van der Waals surface area contributed by atoms with E-state index in [1.807, 2.05) is 24.3 Å². The molecule has 1 fully saturated rings. The van der Waals surface area contributed by atoms with Gasteiger partial charge < -0.3 is 14.0 Å². The smallest absolute Gasteiger partial charge is 0.412 e. The van der Waals surface area contributed by atoms with Gasteiger partial charge in [-0.2, -0.15) is 0 Å². The molecule has 1 heterocycles. The first-order valence-electron chi connectivity index (χ1n) is 13.3. The Morgan fingerprint density at radius 3 is 2.42 bits per heavy atom. The van der Waals surface area contributed by atoms with Crippen LogP contribution in [0.5, 0.6) is 0 Å². The molecular formula is C32H29ClN2O5. The van der Waals surface area contributed by atoms with E-state index in [0.717, 1.165) is 47.9 Å². The monoisotopic (exact) mass is 556 g/mol. The van der Waals surface area contributed by atoms with Gasteiger partial charge in [-0.05, 0) is 79.5 Å². The Balaban J connectivity index is 1.24. The third-order valence-electron chi connectivity index (χ3n) is 8.02. The number of carbonyl (C=O) groups excluding carboxylic acids is 2. The Hall–Kier alpha value is -4.10. The van der Waals surface area contributed by atoms with Crippen molar-refractivity contribution in [3.8, 4) is 22.5 Å². The number of aromatic nitrogens is 1. The molecule has 2 aliphatic carbocycles. The van der Waals surface area contributed by atoms with E-state index in [-0.39, 0.29) is 5.97 Å². The maximum atomic E-state index is 12.8. The SMILES string of the molecule is COC(=O)C1(c2ccc3c(c2)CCc2cc(-c4onc(C)c4NC(=O)O[C@H](C)c4ccccc4Cl)ccc2-3)CC1. The fraction of sp³-hybridized carbons (Fsp3) is 0.281. The largest absolute Gasteiger partial charge is 0.468 e. The van der Waals surface area contributed by atoms with Crippen LogP contribution < -0.4 is 5.32 Å². The van der Waals surface area contributed by atoms with Crippen LogP contribution in [0.1, 0.15) is 53.8 Å². The van der Waals surface area contributed by atoms with Gasteiger partial charge >= 0.3 is 12.1 Å². The molecule has 0 spiro atoms. The van der Waals surface area contributed by atoms with E-state index in [2.05, 4.69) is 40.8 Å². The van der Waals surface area contributed by atoms with Gasteiger partial charge in [0.1, 0.15) is 17.5 Å². The van der Waals surface area contributed by atoms with Crippen molar-refractivity contribution in [1.29, 1.82) is 0 Å². The molecule has 1 atom stereocenters. The first-order chi connectivity index (χ1) is 19.3. The summed E-state index contributed by atoms with van der Waals surface area (Å²) >= 11 is 6.26. The number of nitrogens with zero attached hydrogens (tertiary/aromatic N) is 1. The van der Waals surface area contributed by atoms with Crippen molar-refractivity contribution in [2.45, 2.75) is 51.0 Å². The van der Waals surface area contributed by atoms with Gasteiger partial charge in [-0.1, -0.05) is 65.3 Å². The molecule has 1 aromatic heterocycles. The number of hydrogen-bond donors (Lipinski definition) is 1. The molecule has 6 rings (SSSR count). The highest BCUT2D eigenvalue weighted by atomic mass is 35.5. The first-order valence-corrected chi connectivity index (χ1v) is 13.7. The number of nitrogens with one attached hydrogen (secondary N) is 1. The van der Waals surface area contributed by atoms with Gasteiger partial charge in [-0.3, -0.25) is 10.1 Å². The normalized spacial score (nSPS) is 15.4. The predicted molar refractivity (Wildman–Crippen MR) is 152 cm³/mol. The van der Waals surface area contributed by atoms with Crippen molar-refractivity contribution in [2.24, 2.45) is 0 Å². The minimum absolute atomic E-state index is 0.151. The lowest BCUT2D eigenvalue weighted by Crippen LogP contribution is -2.22. The minimum Gasteiger partial charge on any atom is -0.468 e. The van der Waals surface area contributed by atoms with Crippen LogP contribution in [-0.2, 0) is 32.5 Å². The number of methoxy groups -OCH3 is 1. The average Bonchev–Trinajstić information content (AvgIpc) is 3.70. The van der Waals surface area contributed by atoms with Crippen LogP contribution in [0.4, 0.5) is 10.5 Å². The molecule has 0 aliphatic heterocycles. The number of amides is 1. The lowest BCUT2D eigenvalue weighted by atomic mass is 9.82. The highest BCUT2D eigenvalue weighted by Crippen LogP contribution is 2.50. The molecule has 2 aliphatic rings. The van der Waals surface area contributed by atoms with E-state index < -0.39 is 17.6 Å². The molecule has 8 heteroatoms. The number of benzene rings is 3. The summed E-state index contributed by atoms with van der Waals surface area (Å²) in [5.41, 5.74) is 7.86. The summed E-state index contributed by atoms with van der Waals surface area (Å²) < 4.78 is 16.3. The van der Waals surface area contributed by atoms with Gasteiger partial charge in [0.2, 0.25) is 0 Å². The fourth-order valence-electron chi connectivity index (χ4n) is 5.64. The number of anilines is 1. The van der Waals surface area contributed by atoms with Crippen molar-refractivity contribution in [2.75, 3.05) is 12.4 Å². The molecule has 1 saturated carbocycles. The summed E-state index contributed by atoms with van der Waals surface area (Å²) in [4.78, 5) is 25.2. The number of halogens is 1. The summed E-state index contributed by atoms with van der Waals surface area (Å²) in [5.74, 6) is 0.319. The van der Waals surface area contributed by atoms with Crippen LogP contribution in [0.2, 0.25) is 5.02 Å². The molecule has 40 heavy (non-hydrogen) atoms. The molecule has 1 amide bonds.